The van der Waals surface area contributed by atoms with Crippen molar-refractivity contribution in [2.24, 2.45) is 17.8 Å². The van der Waals surface area contributed by atoms with Crippen LogP contribution in [0.3, 0.4) is 0 Å². The van der Waals surface area contributed by atoms with Crippen molar-refractivity contribution in [3.8, 4) is 0 Å². The number of nitrogens with zero attached hydrogens (tertiary/aromatic N) is 5. The number of thioether (sulfide) groups is 1. The zero-order valence-electron chi connectivity index (χ0n) is 45.8. The molecule has 4 fully saturated rings. The van der Waals surface area contributed by atoms with Crippen LogP contribution in [0.2, 0.25) is 0 Å². The second-order valence-electron chi connectivity index (χ2n) is 22.1. The third-order valence-corrected chi connectivity index (χ3v) is 17.3. The molecule has 21 heteroatoms. The van der Waals surface area contributed by atoms with Crippen LogP contribution in [0.1, 0.15) is 111 Å². The van der Waals surface area contributed by atoms with Crippen LogP contribution >= 0.6 is 11.8 Å². The van der Waals surface area contributed by atoms with Gasteiger partial charge in [0.2, 0.25) is 0 Å². The Morgan fingerprint density at radius 3 is 2.30 bits per heavy atom. The average Bonchev–Trinajstić information content (AvgIpc) is 4.04. The summed E-state index contributed by atoms with van der Waals surface area (Å²) in [5, 5.41) is 56.8. The molecule has 0 radical (unpaired) electrons. The van der Waals surface area contributed by atoms with Gasteiger partial charge in [0.1, 0.15) is 43.2 Å². The average molecular weight is 1070 g/mol. The minimum atomic E-state index is -1.63. The lowest BCUT2D eigenvalue weighted by atomic mass is 9.77. The number of methoxy groups -OCH3 is 2. The lowest BCUT2D eigenvalue weighted by Crippen LogP contribution is -2.60. The van der Waals surface area contributed by atoms with E-state index in [2.05, 4.69) is 10.3 Å². The summed E-state index contributed by atoms with van der Waals surface area (Å²) in [7, 11) is 6.82. The van der Waals surface area contributed by atoms with E-state index in [1.807, 2.05) is 82.8 Å². The summed E-state index contributed by atoms with van der Waals surface area (Å²) >= 11 is 1.40. The first-order valence-corrected chi connectivity index (χ1v) is 27.4. The number of benzene rings is 1. The van der Waals surface area contributed by atoms with Gasteiger partial charge >= 0.3 is 5.97 Å². The van der Waals surface area contributed by atoms with Crippen molar-refractivity contribution in [3.63, 3.8) is 0 Å². The van der Waals surface area contributed by atoms with Crippen LogP contribution in [0, 0.1) is 17.8 Å². The molecule has 422 valence electrons. The van der Waals surface area contributed by atoms with E-state index in [-0.39, 0.29) is 25.4 Å². The molecule has 0 saturated carbocycles. The van der Waals surface area contributed by atoms with Crippen molar-refractivity contribution in [1.29, 1.82) is 0 Å². The lowest BCUT2D eigenvalue weighted by molar-refractivity contribution is -0.318. The number of ether oxygens (including phenoxy) is 8. The molecule has 4 aliphatic heterocycles. The first kappa shape index (κ1) is 60.7. The second-order valence-corrected chi connectivity index (χ2v) is 23.3. The summed E-state index contributed by atoms with van der Waals surface area (Å²) in [5.41, 5.74) is -2.44. The van der Waals surface area contributed by atoms with Crippen LogP contribution in [0.5, 0.6) is 0 Å². The summed E-state index contributed by atoms with van der Waals surface area (Å²) in [5.74, 6) is -2.24. The molecule has 20 atom stereocenters. The van der Waals surface area contributed by atoms with E-state index in [1.54, 1.807) is 33.9 Å². The summed E-state index contributed by atoms with van der Waals surface area (Å²) in [6.45, 7) is 16.3. The summed E-state index contributed by atoms with van der Waals surface area (Å²) in [6.07, 6.45) is -6.90. The molecular formula is C53H87F2N5O13S. The van der Waals surface area contributed by atoms with Crippen molar-refractivity contribution >= 4 is 17.7 Å². The molecule has 0 aliphatic carbocycles. The van der Waals surface area contributed by atoms with E-state index in [9.17, 15) is 34.0 Å². The van der Waals surface area contributed by atoms with E-state index >= 15 is 0 Å². The minimum absolute atomic E-state index is 0.109. The van der Waals surface area contributed by atoms with Gasteiger partial charge in [0.25, 0.3) is 0 Å². The molecule has 1 spiro atoms. The van der Waals surface area contributed by atoms with E-state index in [1.165, 1.54) is 30.7 Å². The zero-order valence-corrected chi connectivity index (χ0v) is 46.7. The molecule has 1 aromatic carbocycles. The number of aromatic nitrogens is 3. The van der Waals surface area contributed by atoms with Crippen LogP contribution < -0.4 is 0 Å². The molecule has 18 nitrogen and oxygen atoms in total. The maximum Gasteiger partial charge on any atom is 0.311 e. The minimum Gasteiger partial charge on any atom is -0.459 e. The molecular weight excluding hydrogens is 985 g/mol. The summed E-state index contributed by atoms with van der Waals surface area (Å²) in [6, 6.07) is 5.73. The van der Waals surface area contributed by atoms with Gasteiger partial charge in [-0.25, -0.2) is 9.07 Å². The fourth-order valence-corrected chi connectivity index (χ4v) is 12.3. The number of carbonyl (C=O) groups is 1. The molecule has 5 heterocycles. The fourth-order valence-electron chi connectivity index (χ4n) is 11.7. The Morgan fingerprint density at radius 1 is 1.00 bits per heavy atom. The standard InChI is InChI=1S/C53H87F2N5O13S/c1-14-41-53(29-68-53)46(62)34(6)59(11)27-30(2)24-51(8,65)48(32(4)44(33(5)49(64)71-41)72-42-25-52(9,67-13)47(63)35(7)70-42)73-50-43(61)39(23-31(3)69-50)58(10)21-19-37-28-60(57-56-37)40(26-55)45(66-12)36-15-17-38(18-16-36)74-22-20-54/h15-18,28,30-35,39-48,50,61-63,65H,14,19-27,29H2,1-13H3/t30-,31-,32+,33-,34-,35+,39+,40-,41-,42+,43-,44+,45-,46-,47+,48-,50+,51-,52-,53-/m1/s1. The Labute approximate surface area is 441 Å². The predicted octanol–water partition coefficient (Wildman–Crippen LogP) is 5.08. The number of alkyl halides is 2. The van der Waals surface area contributed by atoms with Gasteiger partial charge in [-0.2, -0.15) is 0 Å². The number of epoxide rings is 1. The van der Waals surface area contributed by atoms with E-state index in [4.69, 9.17) is 37.9 Å². The predicted molar refractivity (Wildman–Crippen MR) is 273 cm³/mol. The van der Waals surface area contributed by atoms with Gasteiger partial charge in [-0.3, -0.25) is 9.18 Å². The summed E-state index contributed by atoms with van der Waals surface area (Å²) < 4.78 is 79.4. The van der Waals surface area contributed by atoms with E-state index in [0.29, 0.717) is 43.8 Å². The number of likely N-dealkylation sites (N-methyl/N-ethyl adjacent to an activating group) is 2. The molecule has 0 unspecified atom stereocenters. The quantitative estimate of drug-likeness (QED) is 0.0871. The SMILES string of the molecule is CC[C@H]1OC(=O)[C@H](C)[C@@H](O[C@H]2C[C@@](C)(OC)[C@@H](O)[C@H](C)O2)[C@H](C)[C@@H](O[C@@H]2O[C@H](C)C[C@H](N(C)CCc3cn([C@H](CF)[C@H](OC)c4ccc(SCCF)cc4)nn3)[C@H]2O)[C@](C)(O)C[C@@H](C)CN(C)[C@H](C)[C@@H](O)[C@@]12CO2. The lowest BCUT2D eigenvalue weighted by Gasteiger charge is -2.49. The fraction of sp³-hybridized carbons (Fsp3) is 0.830. The third-order valence-electron chi connectivity index (χ3n) is 16.3. The molecule has 4 saturated heterocycles. The highest BCUT2D eigenvalue weighted by Crippen LogP contribution is 2.43. The molecule has 74 heavy (non-hydrogen) atoms. The monoisotopic (exact) mass is 1070 g/mol. The number of esters is 1. The van der Waals surface area contributed by atoms with Crippen molar-refractivity contribution in [2.75, 3.05) is 67.1 Å². The highest BCUT2D eigenvalue weighted by molar-refractivity contribution is 7.99. The van der Waals surface area contributed by atoms with Crippen molar-refractivity contribution in [3.05, 3.63) is 41.7 Å². The van der Waals surface area contributed by atoms with Gasteiger partial charge in [0, 0.05) is 75.0 Å². The number of cyclic esters (lactones) is 1. The molecule has 4 N–H and O–H groups in total. The Kier molecular flexibility index (Phi) is 21.3. The van der Waals surface area contributed by atoms with Crippen LogP contribution in [-0.2, 0) is 49.1 Å². The first-order valence-electron chi connectivity index (χ1n) is 26.4. The Morgan fingerprint density at radius 2 is 1.69 bits per heavy atom. The molecule has 2 aromatic rings. The topological polar surface area (TPSA) is 212 Å². The maximum atomic E-state index is 14.8. The summed E-state index contributed by atoms with van der Waals surface area (Å²) in [4.78, 5) is 19.5. The van der Waals surface area contributed by atoms with Gasteiger partial charge < -0.3 is 68.1 Å². The number of hydrogen-bond donors (Lipinski definition) is 4. The number of halogens is 2. The highest BCUT2D eigenvalue weighted by Gasteiger charge is 2.61. The van der Waals surface area contributed by atoms with Gasteiger partial charge in [-0.15, -0.1) is 16.9 Å². The van der Waals surface area contributed by atoms with Gasteiger partial charge in [-0.05, 0) is 98.5 Å². The number of carbonyl (C=O) groups excluding carboxylic acids is 1. The van der Waals surface area contributed by atoms with Gasteiger partial charge in [0.15, 0.2) is 18.2 Å². The molecule has 0 amide bonds. The molecule has 4 aliphatic rings. The zero-order chi connectivity index (χ0) is 54.4. The largest absolute Gasteiger partial charge is 0.459 e. The second kappa shape index (κ2) is 26.0. The van der Waals surface area contributed by atoms with Crippen molar-refractivity contribution < 1.29 is 71.9 Å². The van der Waals surface area contributed by atoms with Crippen molar-refractivity contribution in [1.82, 2.24) is 24.8 Å². The smallest absolute Gasteiger partial charge is 0.311 e. The Bertz CT molecular complexity index is 2060. The number of aliphatic hydroxyl groups is 4. The van der Waals surface area contributed by atoms with E-state index in [0.717, 1.165) is 10.5 Å². The number of hydrogen-bond acceptors (Lipinski definition) is 18. The molecule has 6 rings (SSSR count). The van der Waals surface area contributed by atoms with Crippen LogP contribution in [0.15, 0.2) is 35.4 Å². The van der Waals surface area contributed by atoms with E-state index < -0.39 is 134 Å². The maximum absolute atomic E-state index is 14.8. The Hall–Kier alpha value is -2.48. The van der Waals surface area contributed by atoms with Crippen molar-refractivity contribution in [2.45, 2.75) is 202 Å². The highest BCUT2D eigenvalue weighted by atomic mass is 32.2. The first-order chi connectivity index (χ1) is 35.0. The normalized spacial score (nSPS) is 39.8. The molecule has 0 bridgehead atoms. The van der Waals surface area contributed by atoms with Crippen LogP contribution in [-0.4, -0.2) is 209 Å². The molecule has 1 aromatic heterocycles. The number of aliphatic hydroxyl groups excluding tert-OH is 3. The number of rotatable bonds is 18. The van der Waals surface area contributed by atoms with Crippen LogP contribution in [0.4, 0.5) is 8.78 Å². The third kappa shape index (κ3) is 13.8. The van der Waals surface area contributed by atoms with Crippen LogP contribution in [0.25, 0.3) is 0 Å². The Balaban J connectivity index is 1.26. The van der Waals surface area contributed by atoms with Gasteiger partial charge in [0.05, 0.1) is 60.5 Å². The van der Waals surface area contributed by atoms with Gasteiger partial charge in [-0.1, -0.05) is 38.1 Å².